The Kier molecular flexibility index (Phi) is 5.19. The van der Waals surface area contributed by atoms with E-state index < -0.39 is 0 Å². The van der Waals surface area contributed by atoms with Gasteiger partial charge in [-0.3, -0.25) is 0 Å². The normalized spacial score (nSPS) is 36.6. The lowest BCUT2D eigenvalue weighted by Crippen LogP contribution is -2.52. The standard InChI is InChI=1S/C17H31NO2S/c1-3-18-15(12-16(19-2)6-4-7-16)14-5-9-20-17(11-14)8-10-21-13-17/h14-15,18H,3-13H2,1-2H3. The van der Waals surface area contributed by atoms with Gasteiger partial charge in [-0.25, -0.2) is 0 Å². The first-order valence-electron chi connectivity index (χ1n) is 8.71. The zero-order valence-electron chi connectivity index (χ0n) is 13.7. The molecule has 0 aromatic carbocycles. The average Bonchev–Trinajstić information content (AvgIpc) is 2.89. The molecule has 0 bridgehead atoms. The van der Waals surface area contributed by atoms with Crippen molar-refractivity contribution in [3.05, 3.63) is 0 Å². The predicted octanol–water partition coefficient (Wildman–Crippen LogP) is 3.23. The number of methoxy groups -OCH3 is 1. The van der Waals surface area contributed by atoms with Crippen molar-refractivity contribution in [2.45, 2.75) is 69.1 Å². The van der Waals surface area contributed by atoms with E-state index in [1.165, 1.54) is 56.5 Å². The van der Waals surface area contributed by atoms with Crippen molar-refractivity contribution in [1.82, 2.24) is 5.32 Å². The second kappa shape index (κ2) is 6.77. The van der Waals surface area contributed by atoms with Gasteiger partial charge in [0.15, 0.2) is 0 Å². The number of hydrogen-bond acceptors (Lipinski definition) is 4. The monoisotopic (exact) mass is 313 g/mol. The Labute approximate surface area is 133 Å². The molecule has 3 nitrogen and oxygen atoms in total. The minimum atomic E-state index is 0.169. The van der Waals surface area contributed by atoms with E-state index in [4.69, 9.17) is 9.47 Å². The van der Waals surface area contributed by atoms with Gasteiger partial charge in [-0.2, -0.15) is 11.8 Å². The van der Waals surface area contributed by atoms with Crippen molar-refractivity contribution in [3.8, 4) is 0 Å². The van der Waals surface area contributed by atoms with E-state index in [1.807, 2.05) is 7.11 Å². The van der Waals surface area contributed by atoms with E-state index in [2.05, 4.69) is 24.0 Å². The lowest BCUT2D eigenvalue weighted by Gasteiger charge is -2.47. The summed E-state index contributed by atoms with van der Waals surface area (Å²) in [4.78, 5) is 0. The second-order valence-corrected chi connectivity index (χ2v) is 8.30. The molecule has 0 aromatic heterocycles. The van der Waals surface area contributed by atoms with Crippen LogP contribution in [0.3, 0.4) is 0 Å². The Morgan fingerprint density at radius 2 is 2.24 bits per heavy atom. The van der Waals surface area contributed by atoms with Gasteiger partial charge in [0.25, 0.3) is 0 Å². The zero-order valence-corrected chi connectivity index (χ0v) is 14.5. The van der Waals surface area contributed by atoms with Gasteiger partial charge in [0.1, 0.15) is 0 Å². The minimum absolute atomic E-state index is 0.169. The Morgan fingerprint density at radius 1 is 1.38 bits per heavy atom. The third-order valence-corrected chi connectivity index (χ3v) is 7.15. The molecule has 0 radical (unpaired) electrons. The lowest BCUT2D eigenvalue weighted by molar-refractivity contribution is -0.109. The average molecular weight is 314 g/mol. The molecule has 21 heavy (non-hydrogen) atoms. The second-order valence-electron chi connectivity index (χ2n) is 7.20. The van der Waals surface area contributed by atoms with Crippen molar-refractivity contribution in [2.75, 3.05) is 31.8 Å². The number of thioether (sulfide) groups is 1. The van der Waals surface area contributed by atoms with E-state index in [9.17, 15) is 0 Å². The molecule has 3 rings (SSSR count). The number of hydrogen-bond donors (Lipinski definition) is 1. The number of nitrogens with one attached hydrogen (secondary N) is 1. The van der Waals surface area contributed by atoms with Crippen LogP contribution in [-0.2, 0) is 9.47 Å². The quantitative estimate of drug-likeness (QED) is 0.815. The lowest BCUT2D eigenvalue weighted by atomic mass is 9.71. The fourth-order valence-corrected chi connectivity index (χ4v) is 5.78. The molecule has 3 aliphatic rings. The van der Waals surface area contributed by atoms with Crippen LogP contribution < -0.4 is 5.32 Å². The molecular formula is C17H31NO2S. The summed E-state index contributed by atoms with van der Waals surface area (Å²) in [6.45, 7) is 4.24. The molecule has 0 aromatic rings. The van der Waals surface area contributed by atoms with Crippen LogP contribution in [0.5, 0.6) is 0 Å². The van der Waals surface area contributed by atoms with Crippen molar-refractivity contribution in [2.24, 2.45) is 5.92 Å². The highest BCUT2D eigenvalue weighted by molar-refractivity contribution is 7.99. The molecule has 0 amide bonds. The summed E-state index contributed by atoms with van der Waals surface area (Å²) >= 11 is 2.07. The highest BCUT2D eigenvalue weighted by Crippen LogP contribution is 2.45. The van der Waals surface area contributed by atoms with Gasteiger partial charge in [-0.05, 0) is 63.2 Å². The first-order chi connectivity index (χ1) is 10.2. The Hall–Kier alpha value is 0.230. The fourth-order valence-electron chi connectivity index (χ4n) is 4.40. The molecule has 2 aliphatic heterocycles. The van der Waals surface area contributed by atoms with Crippen LogP contribution in [0.1, 0.15) is 51.9 Å². The van der Waals surface area contributed by atoms with Crippen LogP contribution in [0.15, 0.2) is 0 Å². The van der Waals surface area contributed by atoms with Crippen LogP contribution >= 0.6 is 11.8 Å². The summed E-state index contributed by atoms with van der Waals surface area (Å²) in [6.07, 6.45) is 8.72. The van der Waals surface area contributed by atoms with Crippen LogP contribution in [0.4, 0.5) is 0 Å². The molecule has 1 aliphatic carbocycles. The third-order valence-electron chi connectivity index (χ3n) is 5.92. The van der Waals surface area contributed by atoms with Crippen molar-refractivity contribution < 1.29 is 9.47 Å². The fraction of sp³-hybridized carbons (Fsp3) is 1.00. The maximum Gasteiger partial charge on any atom is 0.0783 e. The van der Waals surface area contributed by atoms with Crippen LogP contribution in [0, 0.1) is 5.92 Å². The Balaban J connectivity index is 1.65. The molecule has 1 N–H and O–H groups in total. The van der Waals surface area contributed by atoms with Crippen molar-refractivity contribution in [3.63, 3.8) is 0 Å². The van der Waals surface area contributed by atoms with Gasteiger partial charge in [0.05, 0.1) is 11.2 Å². The smallest absolute Gasteiger partial charge is 0.0783 e. The van der Waals surface area contributed by atoms with Crippen LogP contribution in [0.2, 0.25) is 0 Å². The molecule has 1 saturated carbocycles. The summed E-state index contributed by atoms with van der Waals surface area (Å²) in [5.41, 5.74) is 0.365. The van der Waals surface area contributed by atoms with Gasteiger partial charge >= 0.3 is 0 Å². The summed E-state index contributed by atoms with van der Waals surface area (Å²) in [7, 11) is 1.90. The predicted molar refractivity (Wildman–Crippen MR) is 89.0 cm³/mol. The van der Waals surface area contributed by atoms with E-state index in [-0.39, 0.29) is 11.2 Å². The zero-order chi connectivity index (χ0) is 14.8. The SMILES string of the molecule is CCNC(CC1(OC)CCC1)C1CCOC2(CCSC2)C1. The van der Waals surface area contributed by atoms with Gasteiger partial charge < -0.3 is 14.8 Å². The van der Waals surface area contributed by atoms with Crippen LogP contribution in [0.25, 0.3) is 0 Å². The van der Waals surface area contributed by atoms with Crippen LogP contribution in [-0.4, -0.2) is 49.0 Å². The molecule has 3 fully saturated rings. The van der Waals surface area contributed by atoms with E-state index in [0.717, 1.165) is 19.1 Å². The molecule has 122 valence electrons. The Morgan fingerprint density at radius 3 is 2.81 bits per heavy atom. The number of ether oxygens (including phenoxy) is 2. The van der Waals surface area contributed by atoms with Crippen molar-refractivity contribution >= 4 is 11.8 Å². The Bertz CT molecular complexity index is 334. The third kappa shape index (κ3) is 3.44. The highest BCUT2D eigenvalue weighted by Gasteiger charge is 2.45. The van der Waals surface area contributed by atoms with Gasteiger partial charge in [0.2, 0.25) is 0 Å². The number of rotatable bonds is 6. The molecule has 2 heterocycles. The van der Waals surface area contributed by atoms with E-state index >= 15 is 0 Å². The molecule has 4 heteroatoms. The van der Waals surface area contributed by atoms with E-state index in [0.29, 0.717) is 6.04 Å². The summed E-state index contributed by atoms with van der Waals surface area (Å²) in [5.74, 6) is 3.24. The van der Waals surface area contributed by atoms with E-state index in [1.54, 1.807) is 0 Å². The maximum absolute atomic E-state index is 6.20. The highest BCUT2D eigenvalue weighted by atomic mass is 32.2. The molecule has 3 atom stereocenters. The van der Waals surface area contributed by atoms with Gasteiger partial charge in [0, 0.05) is 25.5 Å². The van der Waals surface area contributed by atoms with Crippen molar-refractivity contribution in [1.29, 1.82) is 0 Å². The minimum Gasteiger partial charge on any atom is -0.378 e. The first-order valence-corrected chi connectivity index (χ1v) is 9.87. The largest absolute Gasteiger partial charge is 0.378 e. The molecule has 3 unspecified atom stereocenters. The first kappa shape index (κ1) is 16.1. The summed E-state index contributed by atoms with van der Waals surface area (Å²) < 4.78 is 12.1. The van der Waals surface area contributed by atoms with Gasteiger partial charge in [-0.15, -0.1) is 0 Å². The molecule has 2 saturated heterocycles. The summed E-state index contributed by atoms with van der Waals surface area (Å²) in [5, 5.41) is 3.77. The maximum atomic E-state index is 6.20. The topological polar surface area (TPSA) is 30.5 Å². The van der Waals surface area contributed by atoms with Gasteiger partial charge in [-0.1, -0.05) is 6.92 Å². The summed E-state index contributed by atoms with van der Waals surface area (Å²) in [6, 6.07) is 0.599. The molecule has 1 spiro atoms. The molecular weight excluding hydrogens is 282 g/mol.